The van der Waals surface area contributed by atoms with E-state index in [0.29, 0.717) is 39.3 Å². The predicted molar refractivity (Wildman–Crippen MR) is 131 cm³/mol. The van der Waals surface area contributed by atoms with E-state index in [-0.39, 0.29) is 18.0 Å². The third-order valence-electron chi connectivity index (χ3n) is 6.27. The van der Waals surface area contributed by atoms with Crippen molar-refractivity contribution < 1.29 is 22.7 Å². The lowest BCUT2D eigenvalue weighted by atomic mass is 9.91. The Labute approximate surface area is 208 Å². The van der Waals surface area contributed by atoms with E-state index in [1.54, 1.807) is 42.5 Å². The Morgan fingerprint density at radius 2 is 1.95 bits per heavy atom. The Bertz CT molecular complexity index is 1650. The second-order valence-corrected chi connectivity index (χ2v) is 9.00. The molecule has 6 rings (SSSR count). The van der Waals surface area contributed by atoms with Gasteiger partial charge >= 0.3 is 5.76 Å². The summed E-state index contributed by atoms with van der Waals surface area (Å²) in [5.41, 5.74) is 3.06. The fraction of sp³-hybridized carbons (Fsp3) is 0.185. The van der Waals surface area contributed by atoms with Crippen molar-refractivity contribution in [3.63, 3.8) is 0 Å². The van der Waals surface area contributed by atoms with Crippen LogP contribution in [0.1, 0.15) is 24.1 Å². The number of hydrogen-bond donors (Lipinski definition) is 1. The number of aliphatic imine (C=N–C) groups is 1. The molecule has 4 aromatic rings. The molecule has 0 radical (unpaired) electrons. The minimum absolute atomic E-state index is 0.0370. The number of alkyl halides is 2. The van der Waals surface area contributed by atoms with Crippen molar-refractivity contribution in [1.29, 1.82) is 0 Å². The number of hydrogen-bond acceptors (Lipinski definition) is 6. The Morgan fingerprint density at radius 1 is 1.14 bits per heavy atom. The highest BCUT2D eigenvalue weighted by Crippen LogP contribution is 2.44. The number of benzene rings is 2. The predicted octanol–water partition coefficient (Wildman–Crippen LogP) is 4.65. The van der Waals surface area contributed by atoms with Crippen LogP contribution in [0.4, 0.5) is 8.78 Å². The van der Waals surface area contributed by atoms with Gasteiger partial charge in [-0.1, -0.05) is 24.3 Å². The van der Waals surface area contributed by atoms with E-state index < -0.39 is 30.2 Å². The molecule has 0 bridgehead atoms. The molecule has 8 nitrogen and oxygen atoms in total. The third kappa shape index (κ3) is 4.10. The minimum atomic E-state index is -3.13. The van der Waals surface area contributed by atoms with Crippen LogP contribution in [0.2, 0.25) is 0 Å². The molecule has 0 aliphatic carbocycles. The van der Waals surface area contributed by atoms with Gasteiger partial charge < -0.3 is 14.1 Å². The minimum Gasteiger partial charge on any atom is -0.439 e. The SMILES string of the molecule is CC(F)(F)CN1C(=O)C2=C(C(c3cccc4[nH]c(=O)oc34)=NC2)C1c1ccnc(Oc2ccccc2)c1. The number of carbonyl (C=O) groups is 1. The zero-order valence-electron chi connectivity index (χ0n) is 19.6. The number of aromatic amines is 1. The van der Waals surface area contributed by atoms with Crippen LogP contribution in [0.5, 0.6) is 11.6 Å². The van der Waals surface area contributed by atoms with Crippen LogP contribution in [-0.2, 0) is 4.79 Å². The lowest BCUT2D eigenvalue weighted by Crippen LogP contribution is -2.40. The van der Waals surface area contributed by atoms with Crippen LogP contribution in [-0.4, -0.2) is 45.5 Å². The van der Waals surface area contributed by atoms with Crippen molar-refractivity contribution in [3.05, 3.63) is 99.7 Å². The number of H-pyrrole nitrogens is 1. The highest BCUT2D eigenvalue weighted by molar-refractivity contribution is 6.25. The smallest absolute Gasteiger partial charge is 0.417 e. The van der Waals surface area contributed by atoms with Gasteiger partial charge in [-0.05, 0) is 35.9 Å². The van der Waals surface area contributed by atoms with Crippen molar-refractivity contribution in [2.24, 2.45) is 4.99 Å². The van der Waals surface area contributed by atoms with Crippen LogP contribution in [0.15, 0.2) is 92.2 Å². The molecule has 0 fully saturated rings. The largest absolute Gasteiger partial charge is 0.439 e. The summed E-state index contributed by atoms with van der Waals surface area (Å²) in [4.78, 5) is 37.9. The summed E-state index contributed by atoms with van der Waals surface area (Å²) in [7, 11) is 0. The van der Waals surface area contributed by atoms with Gasteiger partial charge in [0.1, 0.15) is 5.75 Å². The molecule has 0 saturated carbocycles. The summed E-state index contributed by atoms with van der Waals surface area (Å²) < 4.78 is 39.8. The molecule has 2 aromatic heterocycles. The molecule has 0 saturated heterocycles. The number of amides is 1. The molecule has 37 heavy (non-hydrogen) atoms. The monoisotopic (exact) mass is 502 g/mol. The molecule has 10 heteroatoms. The number of nitrogens with one attached hydrogen (secondary N) is 1. The zero-order chi connectivity index (χ0) is 25.7. The molecular formula is C27H20F2N4O4. The lowest BCUT2D eigenvalue weighted by molar-refractivity contribution is -0.132. The fourth-order valence-electron chi connectivity index (χ4n) is 4.85. The maximum atomic E-state index is 14.3. The zero-order valence-corrected chi connectivity index (χ0v) is 19.6. The number of oxazole rings is 1. The quantitative estimate of drug-likeness (QED) is 0.414. The molecule has 1 unspecified atom stereocenters. The Balaban J connectivity index is 1.46. The first-order chi connectivity index (χ1) is 17.8. The number of fused-ring (bicyclic) bond motifs is 1. The van der Waals surface area contributed by atoms with Crippen molar-refractivity contribution in [2.45, 2.75) is 18.9 Å². The standard InChI is InChI=1S/C27H20F2N4O4/c1-27(28,29)14-33-23(15-10-11-30-20(12-15)36-16-6-3-2-4-7-16)21-18(25(33)34)13-31-22(21)17-8-5-9-19-24(17)37-26(35)32-19/h2-12,23H,13-14H2,1H3,(H,32,35). The number of aromatic nitrogens is 2. The van der Waals surface area contributed by atoms with Gasteiger partial charge in [0, 0.05) is 35.9 Å². The topological polar surface area (TPSA) is 101 Å². The number of halogens is 2. The normalized spacial score (nSPS) is 17.5. The van der Waals surface area contributed by atoms with E-state index in [2.05, 4.69) is 15.0 Å². The summed E-state index contributed by atoms with van der Waals surface area (Å²) in [5, 5.41) is 0. The summed E-state index contributed by atoms with van der Waals surface area (Å²) in [6, 6.07) is 16.6. The highest BCUT2D eigenvalue weighted by Gasteiger charge is 2.47. The Kier molecular flexibility index (Phi) is 5.25. The summed E-state index contributed by atoms with van der Waals surface area (Å²) >= 11 is 0. The molecule has 2 aliphatic rings. The Hall–Kier alpha value is -4.60. The second kappa shape index (κ2) is 8.51. The van der Waals surface area contributed by atoms with Crippen molar-refractivity contribution in [3.8, 4) is 11.6 Å². The van der Waals surface area contributed by atoms with Gasteiger partial charge in [0.2, 0.25) is 5.88 Å². The van der Waals surface area contributed by atoms with Crippen LogP contribution in [0.3, 0.4) is 0 Å². The highest BCUT2D eigenvalue weighted by atomic mass is 19.3. The molecule has 1 N–H and O–H groups in total. The average Bonchev–Trinajstić information content (AvgIpc) is 3.52. The first-order valence-electron chi connectivity index (χ1n) is 11.6. The molecular weight excluding hydrogens is 482 g/mol. The number of nitrogens with zero attached hydrogens (tertiary/aromatic N) is 3. The van der Waals surface area contributed by atoms with E-state index in [1.165, 1.54) is 6.20 Å². The number of pyridine rings is 1. The molecule has 1 atom stereocenters. The lowest BCUT2D eigenvalue weighted by Gasteiger charge is -2.30. The van der Waals surface area contributed by atoms with E-state index in [1.807, 2.05) is 18.2 Å². The molecule has 2 aromatic carbocycles. The van der Waals surface area contributed by atoms with Gasteiger partial charge in [0.15, 0.2) is 5.58 Å². The second-order valence-electron chi connectivity index (χ2n) is 9.00. The number of rotatable bonds is 6. The molecule has 4 heterocycles. The molecule has 2 aliphatic heterocycles. The summed E-state index contributed by atoms with van der Waals surface area (Å²) in [5.74, 6) is -3.45. The van der Waals surface area contributed by atoms with E-state index in [4.69, 9.17) is 9.15 Å². The Morgan fingerprint density at radius 3 is 2.73 bits per heavy atom. The first kappa shape index (κ1) is 22.8. The number of carbonyl (C=O) groups excluding carboxylic acids is 1. The van der Waals surface area contributed by atoms with Crippen LogP contribution >= 0.6 is 0 Å². The van der Waals surface area contributed by atoms with Gasteiger partial charge in [-0.15, -0.1) is 0 Å². The van der Waals surface area contributed by atoms with Gasteiger partial charge in [0.25, 0.3) is 11.8 Å². The molecule has 1 amide bonds. The maximum Gasteiger partial charge on any atom is 0.417 e. The molecule has 186 valence electrons. The number of ether oxygens (including phenoxy) is 1. The van der Waals surface area contributed by atoms with Crippen LogP contribution in [0, 0.1) is 0 Å². The summed E-state index contributed by atoms with van der Waals surface area (Å²) in [6.45, 7) is 0.0359. The average molecular weight is 502 g/mol. The van der Waals surface area contributed by atoms with E-state index in [9.17, 15) is 18.4 Å². The van der Waals surface area contributed by atoms with Gasteiger partial charge in [0.05, 0.1) is 30.4 Å². The van der Waals surface area contributed by atoms with Gasteiger partial charge in [-0.3, -0.25) is 14.8 Å². The van der Waals surface area contributed by atoms with E-state index >= 15 is 0 Å². The van der Waals surface area contributed by atoms with Crippen LogP contribution in [0.25, 0.3) is 11.1 Å². The van der Waals surface area contributed by atoms with Gasteiger partial charge in [-0.25, -0.2) is 18.6 Å². The van der Waals surface area contributed by atoms with Crippen molar-refractivity contribution >= 4 is 22.7 Å². The molecule has 0 spiro atoms. The van der Waals surface area contributed by atoms with Crippen LogP contribution < -0.4 is 10.5 Å². The fourth-order valence-corrected chi connectivity index (χ4v) is 4.85. The van der Waals surface area contributed by atoms with E-state index in [0.717, 1.165) is 11.8 Å². The third-order valence-corrected chi connectivity index (χ3v) is 6.27. The number of para-hydroxylation sites is 2. The van der Waals surface area contributed by atoms with Gasteiger partial charge in [-0.2, -0.15) is 0 Å². The summed E-state index contributed by atoms with van der Waals surface area (Å²) in [6.07, 6.45) is 1.51. The maximum absolute atomic E-state index is 14.3. The van der Waals surface area contributed by atoms with Crippen molar-refractivity contribution in [1.82, 2.24) is 14.9 Å². The van der Waals surface area contributed by atoms with Crippen molar-refractivity contribution in [2.75, 3.05) is 13.1 Å². The first-order valence-corrected chi connectivity index (χ1v) is 11.6.